The quantitative estimate of drug-likeness (QED) is 0.774. The van der Waals surface area contributed by atoms with Crippen molar-refractivity contribution in [2.45, 2.75) is 6.92 Å². The second-order valence-corrected chi connectivity index (χ2v) is 7.82. The van der Waals surface area contributed by atoms with E-state index in [2.05, 4.69) is 0 Å². The second-order valence-electron chi connectivity index (χ2n) is 5.68. The van der Waals surface area contributed by atoms with Gasteiger partial charge in [-0.05, 0) is 24.6 Å². The zero-order chi connectivity index (χ0) is 17.0. The van der Waals surface area contributed by atoms with Gasteiger partial charge in [-0.15, -0.1) is 0 Å². The first-order chi connectivity index (χ1) is 10.8. The molecule has 1 aromatic rings. The second kappa shape index (κ2) is 7.29. The molecule has 1 fully saturated rings. The maximum absolute atomic E-state index is 12.2. The molecule has 0 radical (unpaired) electrons. The van der Waals surface area contributed by atoms with Gasteiger partial charge in [0, 0.05) is 40.3 Å². The Morgan fingerprint density at radius 1 is 1.22 bits per heavy atom. The van der Waals surface area contributed by atoms with Gasteiger partial charge in [0.05, 0.1) is 0 Å². The van der Waals surface area contributed by atoms with Gasteiger partial charge >= 0.3 is 0 Å². The molecule has 0 saturated carbocycles. The summed E-state index contributed by atoms with van der Waals surface area (Å²) >= 11 is 0. The topological polar surface area (TPSA) is 70.2 Å². The van der Waals surface area contributed by atoms with Gasteiger partial charge in [-0.25, -0.2) is 0 Å². The van der Waals surface area contributed by atoms with Crippen LogP contribution >= 0.6 is 0 Å². The molecule has 8 heteroatoms. The molecule has 0 aliphatic carbocycles. The Morgan fingerprint density at radius 2 is 1.87 bits per heavy atom. The molecule has 0 unspecified atom stereocenters. The SMILES string of the molecule is Cc1cccc(OCC(=O)N2CCN(S(=O)(=O)N(C)C)CC2)c1. The summed E-state index contributed by atoms with van der Waals surface area (Å²) in [7, 11) is -0.407. The number of nitrogens with zero attached hydrogens (tertiary/aromatic N) is 3. The van der Waals surface area contributed by atoms with E-state index >= 15 is 0 Å². The van der Waals surface area contributed by atoms with E-state index in [4.69, 9.17) is 4.74 Å². The van der Waals surface area contributed by atoms with Gasteiger partial charge in [-0.1, -0.05) is 12.1 Å². The van der Waals surface area contributed by atoms with E-state index in [-0.39, 0.29) is 12.5 Å². The predicted octanol–water partition coefficient (Wildman–Crippen LogP) is 0.324. The van der Waals surface area contributed by atoms with Crippen LogP contribution in [0, 0.1) is 6.92 Å². The summed E-state index contributed by atoms with van der Waals surface area (Å²) < 4.78 is 32.1. The first-order valence-electron chi connectivity index (χ1n) is 7.45. The van der Waals surface area contributed by atoms with Gasteiger partial charge < -0.3 is 9.64 Å². The largest absolute Gasteiger partial charge is 0.484 e. The van der Waals surface area contributed by atoms with Crippen molar-refractivity contribution in [1.82, 2.24) is 13.5 Å². The van der Waals surface area contributed by atoms with Crippen molar-refractivity contribution in [2.75, 3.05) is 46.9 Å². The van der Waals surface area contributed by atoms with E-state index in [9.17, 15) is 13.2 Å². The standard InChI is InChI=1S/C15H23N3O4S/c1-13-5-4-6-14(11-13)22-12-15(19)17-7-9-18(10-8-17)23(20,21)16(2)3/h4-6,11H,7-10,12H2,1-3H3. The van der Waals surface area contributed by atoms with Crippen molar-refractivity contribution < 1.29 is 17.9 Å². The predicted molar refractivity (Wildman–Crippen MR) is 87.4 cm³/mol. The lowest BCUT2D eigenvalue weighted by atomic mass is 10.2. The lowest BCUT2D eigenvalue weighted by Crippen LogP contribution is -2.53. The minimum atomic E-state index is -3.41. The molecule has 1 aliphatic rings. The van der Waals surface area contributed by atoms with Crippen molar-refractivity contribution in [3.8, 4) is 5.75 Å². The Kier molecular flexibility index (Phi) is 5.61. The van der Waals surface area contributed by atoms with E-state index in [1.807, 2.05) is 31.2 Å². The van der Waals surface area contributed by atoms with Crippen LogP contribution in [0.1, 0.15) is 5.56 Å². The highest BCUT2D eigenvalue weighted by atomic mass is 32.2. The lowest BCUT2D eigenvalue weighted by molar-refractivity contribution is -0.134. The van der Waals surface area contributed by atoms with Crippen LogP contribution in [0.4, 0.5) is 0 Å². The van der Waals surface area contributed by atoms with Crippen LogP contribution in [0.5, 0.6) is 5.75 Å². The zero-order valence-corrected chi connectivity index (χ0v) is 14.5. The Morgan fingerprint density at radius 3 is 2.43 bits per heavy atom. The number of hydrogen-bond acceptors (Lipinski definition) is 4. The van der Waals surface area contributed by atoms with Crippen LogP contribution in [0.2, 0.25) is 0 Å². The molecule has 1 aliphatic heterocycles. The third kappa shape index (κ3) is 4.43. The molecule has 7 nitrogen and oxygen atoms in total. The molecule has 1 aromatic carbocycles. The molecule has 1 saturated heterocycles. The van der Waals surface area contributed by atoms with Crippen LogP contribution in [0.3, 0.4) is 0 Å². The van der Waals surface area contributed by atoms with Crippen LogP contribution in [-0.2, 0) is 15.0 Å². The highest BCUT2D eigenvalue weighted by Gasteiger charge is 2.30. The van der Waals surface area contributed by atoms with Crippen molar-refractivity contribution in [3.05, 3.63) is 29.8 Å². The third-order valence-electron chi connectivity index (χ3n) is 3.73. The van der Waals surface area contributed by atoms with Crippen LogP contribution in [-0.4, -0.2) is 74.7 Å². The molecule has 1 amide bonds. The summed E-state index contributed by atoms with van der Waals surface area (Å²) in [4.78, 5) is 13.8. The minimum Gasteiger partial charge on any atom is -0.484 e. The molecular formula is C15H23N3O4S. The van der Waals surface area contributed by atoms with Crippen LogP contribution in [0.15, 0.2) is 24.3 Å². The maximum atomic E-state index is 12.2. The Balaban J connectivity index is 1.84. The average molecular weight is 341 g/mol. The molecule has 0 atom stereocenters. The zero-order valence-electron chi connectivity index (χ0n) is 13.7. The fourth-order valence-corrected chi connectivity index (χ4v) is 3.43. The molecular weight excluding hydrogens is 318 g/mol. The van der Waals surface area contributed by atoms with E-state index in [1.54, 1.807) is 4.90 Å². The van der Waals surface area contributed by atoms with Crippen molar-refractivity contribution in [3.63, 3.8) is 0 Å². The summed E-state index contributed by atoms with van der Waals surface area (Å²) in [5.41, 5.74) is 1.07. The number of carbonyl (C=O) groups excluding carboxylic acids is 1. The first kappa shape index (κ1) is 17.7. The summed E-state index contributed by atoms with van der Waals surface area (Å²) in [6, 6.07) is 7.51. The monoisotopic (exact) mass is 341 g/mol. The molecule has 1 heterocycles. The van der Waals surface area contributed by atoms with Crippen LogP contribution in [0.25, 0.3) is 0 Å². The minimum absolute atomic E-state index is 0.0378. The highest BCUT2D eigenvalue weighted by Crippen LogP contribution is 2.13. The van der Waals surface area contributed by atoms with E-state index < -0.39 is 10.2 Å². The number of carbonyl (C=O) groups is 1. The fourth-order valence-electron chi connectivity index (χ4n) is 2.34. The number of rotatable bonds is 5. The van der Waals surface area contributed by atoms with E-state index in [0.717, 1.165) is 5.56 Å². The van der Waals surface area contributed by atoms with E-state index in [1.165, 1.54) is 22.7 Å². The number of aryl methyl sites for hydroxylation is 1. The molecule has 0 bridgehead atoms. The molecule has 128 valence electrons. The third-order valence-corrected chi connectivity index (χ3v) is 5.67. The molecule has 0 aromatic heterocycles. The molecule has 0 spiro atoms. The summed E-state index contributed by atoms with van der Waals surface area (Å²) in [6.45, 7) is 3.28. The van der Waals surface area contributed by atoms with Gasteiger partial charge in [-0.3, -0.25) is 4.79 Å². The van der Waals surface area contributed by atoms with Crippen molar-refractivity contribution >= 4 is 16.1 Å². The smallest absolute Gasteiger partial charge is 0.281 e. The highest BCUT2D eigenvalue weighted by molar-refractivity contribution is 7.86. The van der Waals surface area contributed by atoms with Gasteiger partial charge in [0.2, 0.25) is 0 Å². The molecule has 23 heavy (non-hydrogen) atoms. The van der Waals surface area contributed by atoms with Gasteiger partial charge in [0.15, 0.2) is 6.61 Å². The normalized spacial score (nSPS) is 16.6. The Hall–Kier alpha value is -1.64. The van der Waals surface area contributed by atoms with Gasteiger partial charge in [0.25, 0.3) is 16.1 Å². The number of ether oxygens (including phenoxy) is 1. The number of hydrogen-bond donors (Lipinski definition) is 0. The lowest BCUT2D eigenvalue weighted by Gasteiger charge is -2.35. The van der Waals surface area contributed by atoms with Crippen LogP contribution < -0.4 is 4.74 Å². The first-order valence-corrected chi connectivity index (χ1v) is 8.85. The van der Waals surface area contributed by atoms with Crippen molar-refractivity contribution in [1.29, 1.82) is 0 Å². The van der Waals surface area contributed by atoms with E-state index in [0.29, 0.717) is 31.9 Å². The van der Waals surface area contributed by atoms with Gasteiger partial charge in [0.1, 0.15) is 5.75 Å². The van der Waals surface area contributed by atoms with Crippen molar-refractivity contribution in [2.24, 2.45) is 0 Å². The summed E-state index contributed by atoms with van der Waals surface area (Å²) in [6.07, 6.45) is 0. The molecule has 2 rings (SSSR count). The van der Waals surface area contributed by atoms with Gasteiger partial charge in [-0.2, -0.15) is 17.0 Å². The maximum Gasteiger partial charge on any atom is 0.281 e. The average Bonchev–Trinajstić information content (AvgIpc) is 2.52. The number of amides is 1. The fraction of sp³-hybridized carbons (Fsp3) is 0.533. The number of benzene rings is 1. The Bertz CT molecular complexity index is 652. The Labute approximate surface area is 137 Å². The summed E-state index contributed by atoms with van der Waals surface area (Å²) in [5, 5.41) is 0. The summed E-state index contributed by atoms with van der Waals surface area (Å²) in [5.74, 6) is 0.528. The number of piperazine rings is 1. The molecule has 0 N–H and O–H groups in total.